The summed E-state index contributed by atoms with van der Waals surface area (Å²) in [6, 6.07) is 1.66. The van der Waals surface area contributed by atoms with E-state index in [-0.39, 0.29) is 18.1 Å². The van der Waals surface area contributed by atoms with E-state index in [9.17, 15) is 4.79 Å². The Morgan fingerprint density at radius 1 is 1.48 bits per heavy atom. The minimum absolute atomic E-state index is 0.0149. The van der Waals surface area contributed by atoms with Crippen molar-refractivity contribution in [2.45, 2.75) is 39.5 Å². The van der Waals surface area contributed by atoms with Gasteiger partial charge in [0.2, 0.25) is 5.91 Å². The molecule has 25 heavy (non-hydrogen) atoms. The maximum Gasteiger partial charge on any atom is 0.241 e. The molecule has 0 unspecified atom stereocenters. The number of anilines is 1. The number of carbonyl (C=O) groups is 1. The number of aromatic nitrogens is 4. The lowest BCUT2D eigenvalue weighted by Gasteiger charge is -2.36. The molecule has 1 aliphatic rings. The van der Waals surface area contributed by atoms with Gasteiger partial charge in [0.15, 0.2) is 0 Å². The molecule has 0 aliphatic carbocycles. The number of morpholine rings is 1. The molecule has 2 aromatic rings. The maximum atomic E-state index is 12.7. The Balaban J connectivity index is 1.61. The molecular formula is C17H26N6O2. The van der Waals surface area contributed by atoms with Crippen molar-refractivity contribution < 1.29 is 9.53 Å². The second kappa shape index (κ2) is 7.37. The van der Waals surface area contributed by atoms with Crippen LogP contribution in [0.3, 0.4) is 0 Å². The van der Waals surface area contributed by atoms with Crippen LogP contribution in [-0.2, 0) is 23.1 Å². The fourth-order valence-electron chi connectivity index (χ4n) is 3.17. The highest BCUT2D eigenvalue weighted by Gasteiger charge is 2.29. The van der Waals surface area contributed by atoms with E-state index in [1.165, 1.54) is 0 Å². The monoisotopic (exact) mass is 346 g/mol. The van der Waals surface area contributed by atoms with Crippen molar-refractivity contribution in [3.8, 4) is 0 Å². The van der Waals surface area contributed by atoms with E-state index < -0.39 is 0 Å². The zero-order valence-electron chi connectivity index (χ0n) is 15.3. The van der Waals surface area contributed by atoms with E-state index in [0.29, 0.717) is 19.7 Å². The van der Waals surface area contributed by atoms with E-state index >= 15 is 0 Å². The molecule has 2 aromatic heterocycles. The van der Waals surface area contributed by atoms with Crippen LogP contribution in [0.2, 0.25) is 0 Å². The third-order valence-electron chi connectivity index (χ3n) is 4.80. The number of aryl methyl sites for hydroxylation is 2. The van der Waals surface area contributed by atoms with Crippen molar-refractivity contribution in [1.29, 1.82) is 0 Å². The van der Waals surface area contributed by atoms with Crippen LogP contribution in [0.25, 0.3) is 0 Å². The number of nitrogens with one attached hydrogen (secondary N) is 1. The van der Waals surface area contributed by atoms with Crippen molar-refractivity contribution in [1.82, 2.24) is 24.5 Å². The number of hydrogen-bond acceptors (Lipinski definition) is 5. The first-order valence-electron chi connectivity index (χ1n) is 8.60. The Morgan fingerprint density at radius 2 is 2.28 bits per heavy atom. The minimum atomic E-state index is -0.233. The van der Waals surface area contributed by atoms with Crippen LogP contribution < -0.4 is 5.32 Å². The summed E-state index contributed by atoms with van der Waals surface area (Å²) in [5, 5.41) is 11.6. The van der Waals surface area contributed by atoms with Gasteiger partial charge in [0.1, 0.15) is 0 Å². The van der Waals surface area contributed by atoms with Gasteiger partial charge < -0.3 is 10.1 Å². The lowest BCUT2D eigenvalue weighted by Crippen LogP contribution is -2.51. The van der Waals surface area contributed by atoms with Gasteiger partial charge >= 0.3 is 0 Å². The molecule has 0 radical (unpaired) electrons. The standard InChI is InChI=1S/C17H26N6O2/c1-12-16(13(2)21(4)20-12)19-17(24)14(3)22-8-9-25-15(10-22)11-23-7-5-6-18-23/h5-7,14-15H,8-11H2,1-4H3,(H,19,24)/t14-,15-/m1/s1. The number of ether oxygens (including phenoxy) is 1. The topological polar surface area (TPSA) is 77.2 Å². The van der Waals surface area contributed by atoms with Gasteiger partial charge in [-0.3, -0.25) is 19.1 Å². The lowest BCUT2D eigenvalue weighted by atomic mass is 10.2. The third kappa shape index (κ3) is 3.91. The Morgan fingerprint density at radius 3 is 2.92 bits per heavy atom. The summed E-state index contributed by atoms with van der Waals surface area (Å²) in [6.45, 7) is 8.56. The van der Waals surface area contributed by atoms with E-state index in [1.807, 2.05) is 44.8 Å². The first-order valence-corrected chi connectivity index (χ1v) is 8.60. The molecule has 1 saturated heterocycles. The van der Waals surface area contributed by atoms with Crippen LogP contribution in [0, 0.1) is 13.8 Å². The number of carbonyl (C=O) groups excluding carboxylic acids is 1. The van der Waals surface area contributed by atoms with Crippen molar-refractivity contribution in [3.05, 3.63) is 29.8 Å². The fraction of sp³-hybridized carbons (Fsp3) is 0.588. The Labute approximate surface area is 147 Å². The normalized spacial score (nSPS) is 19.8. The minimum Gasteiger partial charge on any atom is -0.374 e. The largest absolute Gasteiger partial charge is 0.374 e. The second-order valence-corrected chi connectivity index (χ2v) is 6.55. The van der Waals surface area contributed by atoms with Crippen LogP contribution >= 0.6 is 0 Å². The molecule has 0 spiro atoms. The van der Waals surface area contributed by atoms with Crippen molar-refractivity contribution in [2.75, 3.05) is 25.0 Å². The average molecular weight is 346 g/mol. The molecule has 136 valence electrons. The van der Waals surface area contributed by atoms with Crippen molar-refractivity contribution in [2.24, 2.45) is 7.05 Å². The highest BCUT2D eigenvalue weighted by molar-refractivity contribution is 5.95. The molecule has 1 fully saturated rings. The summed E-state index contributed by atoms with van der Waals surface area (Å²) < 4.78 is 9.47. The smallest absolute Gasteiger partial charge is 0.241 e. The fourth-order valence-corrected chi connectivity index (χ4v) is 3.17. The average Bonchev–Trinajstić information content (AvgIpc) is 3.18. The molecule has 3 heterocycles. The maximum absolute atomic E-state index is 12.7. The quantitative estimate of drug-likeness (QED) is 0.873. The molecule has 0 saturated carbocycles. The van der Waals surface area contributed by atoms with Gasteiger partial charge in [-0.2, -0.15) is 10.2 Å². The van der Waals surface area contributed by atoms with E-state index in [0.717, 1.165) is 23.6 Å². The first kappa shape index (κ1) is 17.6. The molecule has 0 aromatic carbocycles. The van der Waals surface area contributed by atoms with Gasteiger partial charge in [-0.25, -0.2) is 0 Å². The van der Waals surface area contributed by atoms with E-state index in [2.05, 4.69) is 20.4 Å². The van der Waals surface area contributed by atoms with Crippen LogP contribution in [0.5, 0.6) is 0 Å². The van der Waals surface area contributed by atoms with Gasteiger partial charge in [0.25, 0.3) is 0 Å². The van der Waals surface area contributed by atoms with Crippen molar-refractivity contribution in [3.63, 3.8) is 0 Å². The number of rotatable bonds is 5. The zero-order chi connectivity index (χ0) is 18.0. The first-order chi connectivity index (χ1) is 12.0. The molecular weight excluding hydrogens is 320 g/mol. The number of amides is 1. The van der Waals surface area contributed by atoms with Gasteiger partial charge in [0, 0.05) is 32.5 Å². The summed E-state index contributed by atoms with van der Waals surface area (Å²) in [7, 11) is 1.88. The molecule has 1 N–H and O–H groups in total. The Bertz CT molecular complexity index is 724. The van der Waals surface area contributed by atoms with Gasteiger partial charge in [0.05, 0.1) is 42.4 Å². The Kier molecular flexibility index (Phi) is 5.19. The zero-order valence-corrected chi connectivity index (χ0v) is 15.3. The van der Waals surface area contributed by atoms with Gasteiger partial charge in [-0.15, -0.1) is 0 Å². The molecule has 3 rings (SSSR count). The lowest BCUT2D eigenvalue weighted by molar-refractivity contribution is -0.124. The van der Waals surface area contributed by atoms with Gasteiger partial charge in [-0.05, 0) is 26.8 Å². The molecule has 8 nitrogen and oxygen atoms in total. The number of nitrogens with zero attached hydrogens (tertiary/aromatic N) is 5. The Hall–Kier alpha value is -2.19. The summed E-state index contributed by atoms with van der Waals surface area (Å²) >= 11 is 0. The van der Waals surface area contributed by atoms with Crippen molar-refractivity contribution >= 4 is 11.6 Å². The molecule has 2 atom stereocenters. The van der Waals surface area contributed by atoms with Gasteiger partial charge in [-0.1, -0.05) is 0 Å². The predicted octanol–water partition coefficient (Wildman–Crippen LogP) is 0.961. The molecule has 1 aliphatic heterocycles. The molecule has 0 bridgehead atoms. The van der Waals surface area contributed by atoms with E-state index in [4.69, 9.17) is 4.74 Å². The highest BCUT2D eigenvalue weighted by atomic mass is 16.5. The summed E-state index contributed by atoms with van der Waals surface area (Å²) in [5.41, 5.74) is 2.59. The summed E-state index contributed by atoms with van der Waals surface area (Å²) in [4.78, 5) is 14.9. The third-order valence-corrected chi connectivity index (χ3v) is 4.80. The van der Waals surface area contributed by atoms with Crippen LogP contribution in [0.15, 0.2) is 18.5 Å². The van der Waals surface area contributed by atoms with E-state index in [1.54, 1.807) is 10.9 Å². The summed E-state index contributed by atoms with van der Waals surface area (Å²) in [6.07, 6.45) is 3.72. The van der Waals surface area contributed by atoms with Crippen LogP contribution in [-0.4, -0.2) is 62.2 Å². The summed E-state index contributed by atoms with van der Waals surface area (Å²) in [5.74, 6) is -0.0149. The highest BCUT2D eigenvalue weighted by Crippen LogP contribution is 2.19. The molecule has 8 heteroatoms. The van der Waals surface area contributed by atoms with Crippen LogP contribution in [0.1, 0.15) is 18.3 Å². The predicted molar refractivity (Wildman–Crippen MR) is 94.3 cm³/mol. The second-order valence-electron chi connectivity index (χ2n) is 6.55. The SMILES string of the molecule is Cc1nn(C)c(C)c1NC(=O)[C@@H](C)N1CCO[C@@H](Cn2cccn2)C1. The number of hydrogen-bond donors (Lipinski definition) is 1. The van der Waals surface area contributed by atoms with Crippen LogP contribution in [0.4, 0.5) is 5.69 Å². The molecule has 1 amide bonds.